The monoisotopic (exact) mass is 363 g/mol. The van der Waals surface area contributed by atoms with E-state index in [4.69, 9.17) is 0 Å². The van der Waals surface area contributed by atoms with Gasteiger partial charge in [0, 0.05) is 24.7 Å². The molecule has 0 fully saturated rings. The quantitative estimate of drug-likeness (QED) is 0.613. The number of hydrazine groups is 1. The maximum atomic E-state index is 12.4. The molecule has 0 aliphatic carbocycles. The van der Waals surface area contributed by atoms with Crippen LogP contribution in [0.1, 0.15) is 22.3 Å². The van der Waals surface area contributed by atoms with Gasteiger partial charge in [0.2, 0.25) is 11.9 Å². The molecular weight excluding hydrogens is 346 g/mol. The molecule has 1 aromatic heterocycles. The molecule has 0 radical (unpaired) electrons. The minimum atomic E-state index is -0.367. The third kappa shape index (κ3) is 3.12. The van der Waals surface area contributed by atoms with Crippen molar-refractivity contribution in [2.75, 3.05) is 17.4 Å². The summed E-state index contributed by atoms with van der Waals surface area (Å²) in [5, 5.41) is 0.475. The number of fused-ring (bicyclic) bond motifs is 2. The van der Waals surface area contributed by atoms with Crippen LogP contribution in [-0.4, -0.2) is 28.8 Å². The zero-order valence-corrected chi connectivity index (χ0v) is 14.6. The highest BCUT2D eigenvalue weighted by Crippen LogP contribution is 2.27. The van der Waals surface area contributed by atoms with Gasteiger partial charge in [-0.3, -0.25) is 30.2 Å². The SMILES string of the molecule is CN1C(=O)CCc2cc(C(=O)NNc3nc4ccccc4c(=O)[nH]3)ccc21. The second-order valence-electron chi connectivity index (χ2n) is 6.31. The molecule has 4 rings (SSSR count). The van der Waals surface area contributed by atoms with Gasteiger partial charge >= 0.3 is 0 Å². The number of rotatable bonds is 3. The first-order chi connectivity index (χ1) is 13.0. The number of benzene rings is 2. The summed E-state index contributed by atoms with van der Waals surface area (Å²) < 4.78 is 0. The molecule has 27 heavy (non-hydrogen) atoms. The van der Waals surface area contributed by atoms with Crippen molar-refractivity contribution in [1.82, 2.24) is 15.4 Å². The van der Waals surface area contributed by atoms with E-state index >= 15 is 0 Å². The maximum Gasteiger partial charge on any atom is 0.269 e. The molecule has 0 unspecified atom stereocenters. The third-order valence-electron chi connectivity index (χ3n) is 4.59. The molecule has 3 N–H and O–H groups in total. The van der Waals surface area contributed by atoms with E-state index in [2.05, 4.69) is 20.8 Å². The molecule has 8 nitrogen and oxygen atoms in total. The van der Waals surface area contributed by atoms with Gasteiger partial charge in [0.15, 0.2) is 0 Å². The normalized spacial score (nSPS) is 13.4. The minimum absolute atomic E-state index is 0.0627. The Balaban J connectivity index is 1.52. The molecule has 0 spiro atoms. The Hall–Kier alpha value is -3.68. The molecule has 0 saturated heterocycles. The van der Waals surface area contributed by atoms with Gasteiger partial charge in [-0.1, -0.05) is 12.1 Å². The molecule has 2 amide bonds. The predicted molar refractivity (Wildman–Crippen MR) is 102 cm³/mol. The number of hydrogen-bond acceptors (Lipinski definition) is 5. The van der Waals surface area contributed by atoms with Crippen molar-refractivity contribution in [3.05, 3.63) is 63.9 Å². The van der Waals surface area contributed by atoms with Gasteiger partial charge in [-0.15, -0.1) is 0 Å². The second kappa shape index (κ2) is 6.56. The Morgan fingerprint density at radius 1 is 1.15 bits per heavy atom. The zero-order valence-electron chi connectivity index (χ0n) is 14.6. The number of carbonyl (C=O) groups excluding carboxylic acids is 2. The molecule has 8 heteroatoms. The second-order valence-corrected chi connectivity index (χ2v) is 6.31. The summed E-state index contributed by atoms with van der Waals surface area (Å²) >= 11 is 0. The molecule has 0 atom stereocenters. The Morgan fingerprint density at radius 3 is 2.81 bits per heavy atom. The molecule has 1 aliphatic heterocycles. The molecule has 2 aromatic carbocycles. The highest BCUT2D eigenvalue weighted by atomic mass is 16.2. The molecular formula is C19H17N5O3. The van der Waals surface area contributed by atoms with Crippen LogP contribution in [0, 0.1) is 0 Å². The summed E-state index contributed by atoms with van der Waals surface area (Å²) in [5.41, 5.74) is 7.62. The van der Waals surface area contributed by atoms with Crippen LogP contribution < -0.4 is 21.3 Å². The van der Waals surface area contributed by atoms with Crippen LogP contribution in [0.4, 0.5) is 11.6 Å². The molecule has 0 bridgehead atoms. The topological polar surface area (TPSA) is 107 Å². The number of nitrogens with one attached hydrogen (secondary N) is 3. The average Bonchev–Trinajstić information content (AvgIpc) is 2.69. The van der Waals surface area contributed by atoms with Gasteiger partial charge < -0.3 is 4.90 Å². The van der Waals surface area contributed by atoms with Crippen LogP contribution in [0.5, 0.6) is 0 Å². The smallest absolute Gasteiger partial charge is 0.269 e. The first kappa shape index (κ1) is 16.8. The number of nitrogens with zero attached hydrogens (tertiary/aromatic N) is 2. The number of anilines is 2. The van der Waals surface area contributed by atoms with Gasteiger partial charge in [0.25, 0.3) is 11.5 Å². The van der Waals surface area contributed by atoms with Gasteiger partial charge in [-0.05, 0) is 42.3 Å². The summed E-state index contributed by atoms with van der Waals surface area (Å²) in [4.78, 5) is 44.7. The van der Waals surface area contributed by atoms with Crippen molar-refractivity contribution in [2.24, 2.45) is 0 Å². The fourth-order valence-corrected chi connectivity index (χ4v) is 3.13. The Bertz CT molecular complexity index is 1120. The van der Waals surface area contributed by atoms with Crippen LogP contribution in [0.2, 0.25) is 0 Å². The van der Waals surface area contributed by atoms with E-state index in [-0.39, 0.29) is 23.3 Å². The Morgan fingerprint density at radius 2 is 1.96 bits per heavy atom. The van der Waals surface area contributed by atoms with E-state index in [1.54, 1.807) is 54.4 Å². The number of aryl methyl sites for hydroxylation is 1. The lowest BCUT2D eigenvalue weighted by Crippen LogP contribution is -2.33. The lowest BCUT2D eigenvalue weighted by molar-refractivity contribution is -0.118. The maximum absolute atomic E-state index is 12.4. The van der Waals surface area contributed by atoms with Gasteiger partial charge in [-0.2, -0.15) is 0 Å². The predicted octanol–water partition coefficient (Wildman–Crippen LogP) is 1.59. The summed E-state index contributed by atoms with van der Waals surface area (Å²) in [5.74, 6) is -0.156. The number of hydrogen-bond donors (Lipinski definition) is 3. The minimum Gasteiger partial charge on any atom is -0.315 e. The van der Waals surface area contributed by atoms with Crippen LogP contribution >= 0.6 is 0 Å². The van der Waals surface area contributed by atoms with Crippen molar-refractivity contribution in [3.8, 4) is 0 Å². The number of amides is 2. The van der Waals surface area contributed by atoms with Crippen LogP contribution in [0.15, 0.2) is 47.3 Å². The number of aromatic amines is 1. The summed E-state index contributed by atoms with van der Waals surface area (Å²) in [6.45, 7) is 0. The molecule has 2 heterocycles. The summed E-state index contributed by atoms with van der Waals surface area (Å²) in [6.07, 6.45) is 1.03. The van der Waals surface area contributed by atoms with E-state index in [0.29, 0.717) is 29.3 Å². The number of para-hydroxylation sites is 1. The zero-order chi connectivity index (χ0) is 19.0. The number of H-pyrrole nitrogens is 1. The van der Waals surface area contributed by atoms with Gasteiger partial charge in [-0.25, -0.2) is 4.98 Å². The summed E-state index contributed by atoms with van der Waals surface area (Å²) in [7, 11) is 1.73. The first-order valence-corrected chi connectivity index (χ1v) is 8.48. The van der Waals surface area contributed by atoms with Crippen molar-refractivity contribution >= 4 is 34.4 Å². The van der Waals surface area contributed by atoms with E-state index in [0.717, 1.165) is 11.3 Å². The fourth-order valence-electron chi connectivity index (χ4n) is 3.13. The molecule has 0 saturated carbocycles. The summed E-state index contributed by atoms with van der Waals surface area (Å²) in [6, 6.07) is 12.1. The Labute approximate surface area is 154 Å². The number of aromatic nitrogens is 2. The molecule has 136 valence electrons. The van der Waals surface area contributed by atoms with E-state index in [1.807, 2.05) is 0 Å². The Kier molecular flexibility index (Phi) is 4.08. The van der Waals surface area contributed by atoms with Crippen LogP contribution in [0.3, 0.4) is 0 Å². The van der Waals surface area contributed by atoms with Crippen molar-refractivity contribution < 1.29 is 9.59 Å². The fraction of sp³-hybridized carbons (Fsp3) is 0.158. The lowest BCUT2D eigenvalue weighted by Gasteiger charge is -2.26. The van der Waals surface area contributed by atoms with E-state index in [1.165, 1.54) is 0 Å². The van der Waals surface area contributed by atoms with Gasteiger partial charge in [0.1, 0.15) is 0 Å². The van der Waals surface area contributed by atoms with Crippen LogP contribution in [-0.2, 0) is 11.2 Å². The van der Waals surface area contributed by atoms with Crippen molar-refractivity contribution in [3.63, 3.8) is 0 Å². The molecule has 1 aliphatic rings. The lowest BCUT2D eigenvalue weighted by atomic mass is 9.99. The molecule has 3 aromatic rings. The highest BCUT2D eigenvalue weighted by molar-refractivity contribution is 5.99. The first-order valence-electron chi connectivity index (χ1n) is 8.48. The standard InChI is InChI=1S/C19H17N5O3/c1-24-15-8-6-12(10-11(15)7-9-16(24)25)17(26)22-23-19-20-14-5-3-2-4-13(14)18(27)21-19/h2-6,8,10H,7,9H2,1H3,(H,22,26)(H2,20,21,23,27). The van der Waals surface area contributed by atoms with E-state index in [9.17, 15) is 14.4 Å². The average molecular weight is 363 g/mol. The van der Waals surface area contributed by atoms with Crippen LogP contribution in [0.25, 0.3) is 10.9 Å². The third-order valence-corrected chi connectivity index (χ3v) is 4.59. The van der Waals surface area contributed by atoms with Crippen molar-refractivity contribution in [2.45, 2.75) is 12.8 Å². The number of carbonyl (C=O) groups is 2. The van der Waals surface area contributed by atoms with Gasteiger partial charge in [0.05, 0.1) is 10.9 Å². The van der Waals surface area contributed by atoms with Crippen molar-refractivity contribution in [1.29, 1.82) is 0 Å². The largest absolute Gasteiger partial charge is 0.315 e. The van der Waals surface area contributed by atoms with E-state index < -0.39 is 0 Å². The highest BCUT2D eigenvalue weighted by Gasteiger charge is 2.21.